The number of aromatic nitrogens is 1. The Bertz CT molecular complexity index is 1410. The number of anilines is 1. The molecule has 1 aromatic heterocycles. The second-order valence-electron chi connectivity index (χ2n) is 9.95. The molecule has 1 atom stereocenters. The van der Waals surface area contributed by atoms with Gasteiger partial charge in [0.05, 0.1) is 30.2 Å². The standard InChI is InChI=1S/C29H31FN2O6/c1-3-36-29(35)22-14-32-17(2)15-38-27-24(23(30)13-21(25(27)32)26(22)33)31-28(34)19-11-9-18(10-12-19)16-37-20-7-5-4-6-8-20/h4-8,13-14,17-19H,3,9-12,15-16H2,1-2H3,(H,31,34)/t17-,18?,19?/m0/s1. The van der Waals surface area contributed by atoms with E-state index in [0.717, 1.165) is 24.7 Å². The molecule has 2 aliphatic rings. The zero-order valence-electron chi connectivity index (χ0n) is 21.5. The van der Waals surface area contributed by atoms with Gasteiger partial charge in [0.2, 0.25) is 11.3 Å². The highest BCUT2D eigenvalue weighted by Crippen LogP contribution is 2.40. The molecule has 1 saturated carbocycles. The van der Waals surface area contributed by atoms with Crippen molar-refractivity contribution in [2.75, 3.05) is 25.1 Å². The maximum absolute atomic E-state index is 15.4. The molecule has 1 aliphatic carbocycles. The Kier molecular flexibility index (Phi) is 7.35. The number of nitrogens with zero attached hydrogens (tertiary/aromatic N) is 1. The molecule has 1 N–H and O–H groups in total. The molecule has 9 heteroatoms. The summed E-state index contributed by atoms with van der Waals surface area (Å²) in [4.78, 5) is 38.6. The number of amides is 1. The van der Waals surface area contributed by atoms with E-state index in [9.17, 15) is 14.4 Å². The molecule has 5 rings (SSSR count). The highest BCUT2D eigenvalue weighted by atomic mass is 19.1. The minimum absolute atomic E-state index is 0.00604. The van der Waals surface area contributed by atoms with Gasteiger partial charge in [0, 0.05) is 12.1 Å². The van der Waals surface area contributed by atoms with Gasteiger partial charge in [0.15, 0.2) is 11.6 Å². The zero-order valence-corrected chi connectivity index (χ0v) is 21.5. The van der Waals surface area contributed by atoms with Crippen molar-refractivity contribution in [2.45, 2.75) is 45.6 Å². The molecule has 2 aromatic carbocycles. The fourth-order valence-corrected chi connectivity index (χ4v) is 5.24. The molecule has 8 nitrogen and oxygen atoms in total. The molecule has 3 aromatic rings. The highest BCUT2D eigenvalue weighted by Gasteiger charge is 2.32. The number of hydrogen-bond acceptors (Lipinski definition) is 6. The molecular formula is C29H31FN2O6. The average Bonchev–Trinajstić information content (AvgIpc) is 2.93. The fourth-order valence-electron chi connectivity index (χ4n) is 5.24. The Balaban J connectivity index is 1.34. The van der Waals surface area contributed by atoms with E-state index in [1.54, 1.807) is 11.5 Å². The van der Waals surface area contributed by atoms with E-state index in [4.69, 9.17) is 14.2 Å². The van der Waals surface area contributed by atoms with Crippen LogP contribution in [0.1, 0.15) is 55.9 Å². The molecule has 0 spiro atoms. The van der Waals surface area contributed by atoms with Crippen molar-refractivity contribution < 1.29 is 28.2 Å². The summed E-state index contributed by atoms with van der Waals surface area (Å²) in [7, 11) is 0. The summed E-state index contributed by atoms with van der Waals surface area (Å²) < 4.78 is 33.8. The number of nitrogens with one attached hydrogen (secondary N) is 1. The van der Waals surface area contributed by atoms with Crippen LogP contribution in [-0.2, 0) is 9.53 Å². The summed E-state index contributed by atoms with van der Waals surface area (Å²) in [5.74, 6) is -0.803. The fraction of sp³-hybridized carbons (Fsp3) is 0.414. The van der Waals surface area contributed by atoms with Crippen LogP contribution in [0.4, 0.5) is 10.1 Å². The van der Waals surface area contributed by atoms with Gasteiger partial charge in [-0.15, -0.1) is 0 Å². The van der Waals surface area contributed by atoms with E-state index in [1.165, 1.54) is 6.20 Å². The van der Waals surface area contributed by atoms with Gasteiger partial charge in [-0.3, -0.25) is 9.59 Å². The van der Waals surface area contributed by atoms with Crippen LogP contribution >= 0.6 is 0 Å². The minimum atomic E-state index is -0.787. The van der Waals surface area contributed by atoms with Crippen molar-refractivity contribution in [3.8, 4) is 11.5 Å². The maximum Gasteiger partial charge on any atom is 0.343 e. The minimum Gasteiger partial charge on any atom is -0.493 e. The Morgan fingerprint density at radius 1 is 1.16 bits per heavy atom. The van der Waals surface area contributed by atoms with Gasteiger partial charge in [-0.2, -0.15) is 0 Å². The third kappa shape index (κ3) is 4.97. The lowest BCUT2D eigenvalue weighted by Gasteiger charge is -2.30. The summed E-state index contributed by atoms with van der Waals surface area (Å²) in [6, 6.07) is 10.5. The topological polar surface area (TPSA) is 95.9 Å². The number of esters is 1. The maximum atomic E-state index is 15.4. The summed E-state index contributed by atoms with van der Waals surface area (Å²) in [5, 5.41) is 2.75. The molecule has 0 radical (unpaired) electrons. The van der Waals surface area contributed by atoms with Crippen LogP contribution in [-0.4, -0.2) is 36.3 Å². The van der Waals surface area contributed by atoms with Crippen molar-refractivity contribution in [2.24, 2.45) is 11.8 Å². The predicted octanol–water partition coefficient (Wildman–Crippen LogP) is 5.09. The summed E-state index contributed by atoms with van der Waals surface area (Å²) in [5.41, 5.74) is -0.536. The van der Waals surface area contributed by atoms with Gasteiger partial charge in [-0.25, -0.2) is 9.18 Å². The molecule has 0 saturated heterocycles. The van der Waals surface area contributed by atoms with Gasteiger partial charge in [-0.05, 0) is 63.6 Å². The number of halogens is 1. The Morgan fingerprint density at radius 3 is 2.61 bits per heavy atom. The van der Waals surface area contributed by atoms with Crippen LogP contribution in [0.2, 0.25) is 0 Å². The SMILES string of the molecule is CCOC(=O)c1cn2c3c(c(NC(=O)C4CCC(COc5ccccc5)CC4)c(F)cc3c1=O)OC[C@@H]2C. The monoisotopic (exact) mass is 522 g/mol. The predicted molar refractivity (Wildman–Crippen MR) is 140 cm³/mol. The van der Waals surface area contributed by atoms with E-state index in [2.05, 4.69) is 5.32 Å². The van der Waals surface area contributed by atoms with Gasteiger partial charge in [0.1, 0.15) is 23.6 Å². The number of rotatable bonds is 7. The number of pyridine rings is 1. The van der Waals surface area contributed by atoms with E-state index in [-0.39, 0.29) is 53.5 Å². The third-order valence-electron chi connectivity index (χ3n) is 7.36. The Morgan fingerprint density at radius 2 is 1.89 bits per heavy atom. The molecular weight excluding hydrogens is 491 g/mol. The molecule has 38 heavy (non-hydrogen) atoms. The van der Waals surface area contributed by atoms with E-state index >= 15 is 4.39 Å². The molecule has 0 bridgehead atoms. The third-order valence-corrected chi connectivity index (χ3v) is 7.36. The Labute approximate surface area is 219 Å². The zero-order chi connectivity index (χ0) is 26.8. The van der Waals surface area contributed by atoms with Crippen LogP contribution in [0.25, 0.3) is 10.9 Å². The van der Waals surface area contributed by atoms with E-state index in [1.807, 2.05) is 37.3 Å². The number of benzene rings is 2. The first-order chi connectivity index (χ1) is 18.4. The van der Waals surface area contributed by atoms with Crippen molar-refractivity contribution in [3.63, 3.8) is 0 Å². The quantitative estimate of drug-likeness (QED) is 0.434. The van der Waals surface area contributed by atoms with Gasteiger partial charge < -0.3 is 24.1 Å². The molecule has 2 heterocycles. The van der Waals surface area contributed by atoms with Crippen molar-refractivity contribution in [1.82, 2.24) is 4.57 Å². The molecule has 0 unspecified atom stereocenters. The van der Waals surface area contributed by atoms with E-state index < -0.39 is 17.2 Å². The largest absolute Gasteiger partial charge is 0.493 e. The summed E-state index contributed by atoms with van der Waals surface area (Å²) in [6.07, 6.45) is 4.45. The number of hydrogen-bond donors (Lipinski definition) is 1. The van der Waals surface area contributed by atoms with Crippen molar-refractivity contribution in [1.29, 1.82) is 0 Å². The van der Waals surface area contributed by atoms with Crippen LogP contribution in [0.3, 0.4) is 0 Å². The normalized spacial score (nSPS) is 20.4. The molecule has 1 aliphatic heterocycles. The van der Waals surface area contributed by atoms with Crippen LogP contribution < -0.4 is 20.2 Å². The molecule has 1 fully saturated rings. The van der Waals surface area contributed by atoms with Gasteiger partial charge in [-0.1, -0.05) is 18.2 Å². The lowest BCUT2D eigenvalue weighted by atomic mass is 9.82. The van der Waals surface area contributed by atoms with Crippen LogP contribution in [0.15, 0.2) is 47.4 Å². The summed E-state index contributed by atoms with van der Waals surface area (Å²) >= 11 is 0. The molecule has 1 amide bonds. The first-order valence-electron chi connectivity index (χ1n) is 13.1. The molecule has 200 valence electrons. The average molecular weight is 523 g/mol. The van der Waals surface area contributed by atoms with Gasteiger partial charge in [0.25, 0.3) is 0 Å². The highest BCUT2D eigenvalue weighted by molar-refractivity contribution is 6.01. The first-order valence-corrected chi connectivity index (χ1v) is 13.1. The lowest BCUT2D eigenvalue weighted by molar-refractivity contribution is -0.121. The second-order valence-corrected chi connectivity index (χ2v) is 9.95. The smallest absolute Gasteiger partial charge is 0.343 e. The first kappa shape index (κ1) is 25.8. The van der Waals surface area contributed by atoms with Crippen molar-refractivity contribution in [3.05, 3.63) is 64.2 Å². The Hall–Kier alpha value is -3.88. The van der Waals surface area contributed by atoms with Crippen LogP contribution in [0, 0.1) is 17.7 Å². The number of ether oxygens (including phenoxy) is 3. The van der Waals surface area contributed by atoms with Crippen molar-refractivity contribution >= 4 is 28.5 Å². The second kappa shape index (κ2) is 10.8. The summed E-state index contributed by atoms with van der Waals surface area (Å²) in [6.45, 7) is 4.41. The number of carbonyl (C=O) groups excluding carboxylic acids is 2. The van der Waals surface area contributed by atoms with Crippen LogP contribution in [0.5, 0.6) is 11.5 Å². The van der Waals surface area contributed by atoms with Gasteiger partial charge >= 0.3 is 5.97 Å². The number of para-hydroxylation sites is 1. The lowest BCUT2D eigenvalue weighted by Crippen LogP contribution is -2.31. The van der Waals surface area contributed by atoms with E-state index in [0.29, 0.717) is 30.9 Å². The number of carbonyl (C=O) groups is 2.